The first-order chi connectivity index (χ1) is 5.37. The summed E-state index contributed by atoms with van der Waals surface area (Å²) < 4.78 is 0.912. The van der Waals surface area contributed by atoms with Crippen molar-refractivity contribution >= 4 is 16.9 Å². The first kappa shape index (κ1) is 10.6. The van der Waals surface area contributed by atoms with E-state index in [-0.39, 0.29) is 0 Å². The molecule has 72 valence electrons. The summed E-state index contributed by atoms with van der Waals surface area (Å²) in [6.07, 6.45) is 4.03. The summed E-state index contributed by atoms with van der Waals surface area (Å²) in [4.78, 5) is 0. The minimum atomic E-state index is 0.420. The molecule has 0 radical (unpaired) electrons. The molecule has 1 rings (SSSR count). The molecular formula is C10H22AsN. The van der Waals surface area contributed by atoms with Crippen LogP contribution in [0.3, 0.4) is 0 Å². The minimum absolute atomic E-state index is 0.420. The third-order valence-electron chi connectivity index (χ3n) is 2.97. The molecule has 1 aliphatic rings. The van der Waals surface area contributed by atoms with Gasteiger partial charge in [0, 0.05) is 0 Å². The molecule has 0 aromatic rings. The van der Waals surface area contributed by atoms with E-state index >= 15 is 0 Å². The number of hydrogen-bond donors (Lipinski definition) is 1. The van der Waals surface area contributed by atoms with Crippen molar-refractivity contribution in [1.82, 2.24) is 0 Å². The molecule has 12 heavy (non-hydrogen) atoms. The Hall–Kier alpha value is 0.518. The molecule has 1 saturated carbocycles. The summed E-state index contributed by atoms with van der Waals surface area (Å²) in [6.45, 7) is 7.97. The molecule has 2 N–H and O–H groups in total. The molecule has 0 saturated heterocycles. The third-order valence-corrected chi connectivity index (χ3v) is 3.96. The van der Waals surface area contributed by atoms with Gasteiger partial charge in [-0.25, -0.2) is 0 Å². The van der Waals surface area contributed by atoms with Crippen molar-refractivity contribution < 1.29 is 0 Å². The van der Waals surface area contributed by atoms with Gasteiger partial charge in [-0.2, -0.15) is 0 Å². The summed E-state index contributed by atoms with van der Waals surface area (Å²) in [5.41, 5.74) is 6.77. The van der Waals surface area contributed by atoms with E-state index in [9.17, 15) is 0 Å². The quantitative estimate of drug-likeness (QED) is 0.681. The molecule has 3 atom stereocenters. The Balaban J connectivity index is 2.70. The van der Waals surface area contributed by atoms with E-state index in [1.54, 1.807) is 0 Å². The number of rotatable bonds is 1. The van der Waals surface area contributed by atoms with E-state index in [0.717, 1.165) is 11.3 Å². The van der Waals surface area contributed by atoms with Gasteiger partial charge < -0.3 is 0 Å². The Morgan fingerprint density at radius 1 is 1.33 bits per heavy atom. The second kappa shape index (κ2) is 3.35. The average molecular weight is 231 g/mol. The van der Waals surface area contributed by atoms with Gasteiger partial charge in [-0.1, -0.05) is 0 Å². The van der Waals surface area contributed by atoms with Crippen molar-refractivity contribution in [2.24, 2.45) is 16.6 Å². The van der Waals surface area contributed by atoms with E-state index in [4.69, 9.17) is 5.73 Å². The molecule has 0 aromatic carbocycles. The van der Waals surface area contributed by atoms with Crippen LogP contribution in [0.15, 0.2) is 0 Å². The predicted molar refractivity (Wildman–Crippen MR) is 57.1 cm³/mol. The van der Waals surface area contributed by atoms with Crippen molar-refractivity contribution in [2.45, 2.75) is 44.7 Å². The topological polar surface area (TPSA) is 26.0 Å². The van der Waals surface area contributed by atoms with Crippen LogP contribution in [0.4, 0.5) is 0 Å². The van der Waals surface area contributed by atoms with Crippen molar-refractivity contribution in [3.8, 4) is 0 Å². The fraction of sp³-hybridized carbons (Fsp3) is 1.00. The van der Waals surface area contributed by atoms with Gasteiger partial charge in [-0.05, 0) is 0 Å². The average Bonchev–Trinajstić information content (AvgIpc) is 1.82. The van der Waals surface area contributed by atoms with Crippen LogP contribution in [0.5, 0.6) is 0 Å². The zero-order valence-corrected chi connectivity index (χ0v) is 11.0. The molecule has 1 fully saturated rings. The molecule has 1 aliphatic carbocycles. The zero-order valence-electron chi connectivity index (χ0n) is 8.56. The maximum atomic E-state index is 5.83. The second-order valence-electron chi connectivity index (χ2n) is 5.52. The molecule has 1 nitrogen and oxygen atoms in total. The molecule has 0 heterocycles. The fourth-order valence-corrected chi connectivity index (χ4v) is 5.40. The van der Waals surface area contributed by atoms with Gasteiger partial charge in [-0.15, -0.1) is 0 Å². The molecule has 0 bridgehead atoms. The fourth-order valence-electron chi connectivity index (χ4n) is 2.87. The van der Waals surface area contributed by atoms with Gasteiger partial charge in [0.1, 0.15) is 0 Å². The molecule has 3 unspecified atom stereocenters. The van der Waals surface area contributed by atoms with Crippen LogP contribution < -0.4 is 5.73 Å². The van der Waals surface area contributed by atoms with Crippen molar-refractivity contribution in [3.05, 3.63) is 0 Å². The van der Waals surface area contributed by atoms with Gasteiger partial charge in [-0.3, -0.25) is 0 Å². The molecule has 2 heteroatoms. The summed E-state index contributed by atoms with van der Waals surface area (Å²) >= 11 is 1.90. The Morgan fingerprint density at radius 2 is 1.92 bits per heavy atom. The van der Waals surface area contributed by atoms with Crippen LogP contribution in [0.2, 0.25) is 4.71 Å². The summed E-state index contributed by atoms with van der Waals surface area (Å²) in [6, 6.07) is 0. The van der Waals surface area contributed by atoms with E-state index in [1.165, 1.54) is 19.3 Å². The van der Waals surface area contributed by atoms with Gasteiger partial charge in [0.15, 0.2) is 0 Å². The SMILES string of the molecule is CC1(C)CC([AsH2])CC(C)(CN)C1. The second-order valence-corrected chi connectivity index (χ2v) is 7.50. The van der Waals surface area contributed by atoms with Crippen LogP contribution in [0, 0.1) is 10.8 Å². The Labute approximate surface area is 85.0 Å². The van der Waals surface area contributed by atoms with Gasteiger partial charge in [0.05, 0.1) is 0 Å². The molecule has 0 aliphatic heterocycles. The predicted octanol–water partition coefficient (Wildman–Crippen LogP) is 1.58. The van der Waals surface area contributed by atoms with Crippen molar-refractivity contribution in [1.29, 1.82) is 0 Å². The van der Waals surface area contributed by atoms with E-state index in [0.29, 0.717) is 10.8 Å². The van der Waals surface area contributed by atoms with Crippen LogP contribution in [0.1, 0.15) is 40.0 Å². The standard InChI is InChI=1S/C10H22AsN/c1-9(2)4-8(11)5-10(3,6-9)7-12/h8H,4-7,11-12H2,1-3H3. The Morgan fingerprint density at radius 3 is 2.33 bits per heavy atom. The van der Waals surface area contributed by atoms with E-state index in [2.05, 4.69) is 20.8 Å². The molecule has 0 aromatic heterocycles. The van der Waals surface area contributed by atoms with Crippen LogP contribution in [-0.4, -0.2) is 23.4 Å². The normalized spacial score (nSPS) is 41.2. The van der Waals surface area contributed by atoms with Crippen LogP contribution in [0.25, 0.3) is 0 Å². The monoisotopic (exact) mass is 231 g/mol. The van der Waals surface area contributed by atoms with Crippen LogP contribution >= 0.6 is 0 Å². The molecule has 0 amide bonds. The maximum absolute atomic E-state index is 5.83. The van der Waals surface area contributed by atoms with Crippen LogP contribution in [-0.2, 0) is 0 Å². The zero-order chi connectivity index (χ0) is 9.41. The molecular weight excluding hydrogens is 209 g/mol. The summed E-state index contributed by atoms with van der Waals surface area (Å²) in [5, 5.41) is 0. The number of hydrogen-bond acceptors (Lipinski definition) is 1. The Kier molecular flexibility index (Phi) is 2.95. The van der Waals surface area contributed by atoms with Crippen molar-refractivity contribution in [2.75, 3.05) is 6.54 Å². The van der Waals surface area contributed by atoms with Gasteiger partial charge in [0.25, 0.3) is 0 Å². The summed E-state index contributed by atoms with van der Waals surface area (Å²) in [7, 11) is 0. The van der Waals surface area contributed by atoms with Crippen molar-refractivity contribution in [3.63, 3.8) is 0 Å². The first-order valence-corrected chi connectivity index (χ1v) is 6.22. The van der Waals surface area contributed by atoms with E-state index < -0.39 is 0 Å². The van der Waals surface area contributed by atoms with Gasteiger partial charge >= 0.3 is 84.7 Å². The first-order valence-electron chi connectivity index (χ1n) is 4.83. The van der Waals surface area contributed by atoms with E-state index in [1.807, 2.05) is 16.9 Å². The summed E-state index contributed by atoms with van der Waals surface area (Å²) in [5.74, 6) is 0. The van der Waals surface area contributed by atoms with Gasteiger partial charge in [0.2, 0.25) is 0 Å². The Bertz CT molecular complexity index is 167. The third kappa shape index (κ3) is 2.50. The molecule has 0 spiro atoms. The number of nitrogens with two attached hydrogens (primary N) is 1.